The zero-order valence-corrected chi connectivity index (χ0v) is 11.2. The Morgan fingerprint density at radius 2 is 2.00 bits per heavy atom. The Labute approximate surface area is 116 Å². The molecular formula is C14H17FN2O3. The third-order valence-electron chi connectivity index (χ3n) is 3.38. The van der Waals surface area contributed by atoms with Gasteiger partial charge in [-0.25, -0.2) is 4.39 Å². The van der Waals surface area contributed by atoms with Gasteiger partial charge in [-0.1, -0.05) is 0 Å². The predicted molar refractivity (Wildman–Crippen MR) is 71.6 cm³/mol. The van der Waals surface area contributed by atoms with Crippen molar-refractivity contribution in [3.05, 3.63) is 29.6 Å². The van der Waals surface area contributed by atoms with Crippen molar-refractivity contribution in [1.29, 1.82) is 0 Å². The van der Waals surface area contributed by atoms with E-state index >= 15 is 0 Å². The monoisotopic (exact) mass is 280 g/mol. The summed E-state index contributed by atoms with van der Waals surface area (Å²) in [5.41, 5.74) is 0.974. The van der Waals surface area contributed by atoms with E-state index in [-0.39, 0.29) is 0 Å². The molecule has 1 fully saturated rings. The lowest BCUT2D eigenvalue weighted by Crippen LogP contribution is -2.45. The number of hydrogen-bond acceptors (Lipinski definition) is 3. The van der Waals surface area contributed by atoms with Crippen LogP contribution >= 0.6 is 0 Å². The molecule has 1 aliphatic heterocycles. The molecule has 0 radical (unpaired) electrons. The maximum atomic E-state index is 13.0. The normalized spacial score (nSPS) is 16.1. The Hall–Kier alpha value is -1.95. The van der Waals surface area contributed by atoms with Gasteiger partial charge in [-0.15, -0.1) is 0 Å². The summed E-state index contributed by atoms with van der Waals surface area (Å²) in [5, 5.41) is 11.9. The van der Waals surface area contributed by atoms with Crippen LogP contribution in [0.15, 0.2) is 18.2 Å². The zero-order valence-electron chi connectivity index (χ0n) is 11.2. The van der Waals surface area contributed by atoms with Crippen LogP contribution in [0.2, 0.25) is 0 Å². The Bertz CT molecular complexity index is 525. The minimum absolute atomic E-state index is 0.371. The van der Waals surface area contributed by atoms with Crippen molar-refractivity contribution in [3.8, 4) is 0 Å². The van der Waals surface area contributed by atoms with E-state index in [1.807, 2.05) is 0 Å². The molecule has 2 N–H and O–H groups in total. The van der Waals surface area contributed by atoms with Gasteiger partial charge in [0.15, 0.2) is 0 Å². The minimum atomic E-state index is -0.740. The van der Waals surface area contributed by atoms with Crippen molar-refractivity contribution in [1.82, 2.24) is 4.90 Å². The molecule has 2 rings (SSSR count). The summed E-state index contributed by atoms with van der Waals surface area (Å²) in [6.07, 6.45) is 0.560. The van der Waals surface area contributed by atoms with Crippen molar-refractivity contribution < 1.29 is 19.1 Å². The number of aliphatic hydroxyl groups excluding tert-OH is 1. The lowest BCUT2D eigenvalue weighted by Gasteiger charge is -2.29. The van der Waals surface area contributed by atoms with Crippen LogP contribution in [0.1, 0.15) is 18.4 Å². The third kappa shape index (κ3) is 3.33. The van der Waals surface area contributed by atoms with Gasteiger partial charge in [0.05, 0.1) is 6.10 Å². The molecule has 1 saturated heterocycles. The van der Waals surface area contributed by atoms with Crippen LogP contribution in [0.5, 0.6) is 0 Å². The topological polar surface area (TPSA) is 69.6 Å². The number of aryl methyl sites for hydroxylation is 1. The van der Waals surface area contributed by atoms with E-state index in [1.165, 1.54) is 23.1 Å². The summed E-state index contributed by atoms with van der Waals surface area (Å²) < 4.78 is 13.0. The van der Waals surface area contributed by atoms with Gasteiger partial charge in [-0.05, 0) is 43.5 Å². The van der Waals surface area contributed by atoms with Crippen molar-refractivity contribution in [2.45, 2.75) is 25.9 Å². The maximum Gasteiger partial charge on any atom is 0.313 e. The SMILES string of the molecule is Cc1cc(F)ccc1NC(=O)C(=O)N1CCC(O)CC1. The lowest BCUT2D eigenvalue weighted by molar-refractivity contribution is -0.144. The number of nitrogens with one attached hydrogen (secondary N) is 1. The van der Waals surface area contributed by atoms with Crippen LogP contribution in [0.25, 0.3) is 0 Å². The summed E-state index contributed by atoms with van der Waals surface area (Å²) in [6.45, 7) is 2.39. The molecule has 2 amide bonds. The molecular weight excluding hydrogens is 263 g/mol. The number of halogens is 1. The fourth-order valence-electron chi connectivity index (χ4n) is 2.16. The molecule has 0 bridgehead atoms. The number of anilines is 1. The lowest BCUT2D eigenvalue weighted by atomic mass is 10.1. The fourth-order valence-corrected chi connectivity index (χ4v) is 2.16. The number of likely N-dealkylation sites (tertiary alicyclic amines) is 1. The molecule has 1 aromatic carbocycles. The molecule has 1 heterocycles. The largest absolute Gasteiger partial charge is 0.393 e. The highest BCUT2D eigenvalue weighted by molar-refractivity contribution is 6.39. The molecule has 20 heavy (non-hydrogen) atoms. The van der Waals surface area contributed by atoms with Crippen LogP contribution in [0, 0.1) is 12.7 Å². The summed E-state index contributed by atoms with van der Waals surface area (Å²) in [5.74, 6) is -1.76. The number of hydrogen-bond donors (Lipinski definition) is 2. The van der Waals surface area contributed by atoms with Crippen molar-refractivity contribution in [2.24, 2.45) is 0 Å². The molecule has 0 spiro atoms. The summed E-state index contributed by atoms with van der Waals surface area (Å²) in [6, 6.07) is 3.94. The average molecular weight is 280 g/mol. The van der Waals surface area contributed by atoms with Crippen molar-refractivity contribution >= 4 is 17.5 Å². The molecule has 0 saturated carbocycles. The maximum absolute atomic E-state index is 13.0. The van der Waals surface area contributed by atoms with Crippen LogP contribution in [-0.2, 0) is 9.59 Å². The number of benzene rings is 1. The Balaban J connectivity index is 1.99. The molecule has 0 unspecified atom stereocenters. The van der Waals surface area contributed by atoms with Gasteiger partial charge in [-0.3, -0.25) is 9.59 Å². The van der Waals surface area contributed by atoms with Gasteiger partial charge >= 0.3 is 11.8 Å². The van der Waals surface area contributed by atoms with E-state index in [9.17, 15) is 19.1 Å². The van der Waals surface area contributed by atoms with Gasteiger partial charge in [0.2, 0.25) is 0 Å². The van der Waals surface area contributed by atoms with Gasteiger partial charge in [-0.2, -0.15) is 0 Å². The van der Waals surface area contributed by atoms with Gasteiger partial charge in [0.25, 0.3) is 0 Å². The standard InChI is InChI=1S/C14H17FN2O3/c1-9-8-10(15)2-3-12(9)16-13(19)14(20)17-6-4-11(18)5-7-17/h2-3,8,11,18H,4-7H2,1H3,(H,16,19). The van der Waals surface area contributed by atoms with Crippen molar-refractivity contribution in [2.75, 3.05) is 18.4 Å². The number of amides is 2. The number of nitrogens with zero attached hydrogens (tertiary/aromatic N) is 1. The highest BCUT2D eigenvalue weighted by atomic mass is 19.1. The highest BCUT2D eigenvalue weighted by Crippen LogP contribution is 2.16. The molecule has 6 heteroatoms. The van der Waals surface area contributed by atoms with E-state index in [4.69, 9.17) is 0 Å². The highest BCUT2D eigenvalue weighted by Gasteiger charge is 2.26. The minimum Gasteiger partial charge on any atom is -0.393 e. The average Bonchev–Trinajstić information content (AvgIpc) is 2.42. The molecule has 108 valence electrons. The van der Waals surface area contributed by atoms with Gasteiger partial charge < -0.3 is 15.3 Å². The molecule has 0 aromatic heterocycles. The fraction of sp³-hybridized carbons (Fsp3) is 0.429. The number of rotatable bonds is 1. The first-order chi connectivity index (χ1) is 9.47. The summed E-state index contributed by atoms with van der Waals surface area (Å²) in [4.78, 5) is 25.2. The Morgan fingerprint density at radius 3 is 2.60 bits per heavy atom. The van der Waals surface area contributed by atoms with E-state index in [0.29, 0.717) is 37.2 Å². The number of aliphatic hydroxyl groups is 1. The summed E-state index contributed by atoms with van der Waals surface area (Å²) in [7, 11) is 0. The first-order valence-electron chi connectivity index (χ1n) is 6.52. The van der Waals surface area contributed by atoms with Crippen molar-refractivity contribution in [3.63, 3.8) is 0 Å². The predicted octanol–water partition coefficient (Wildman–Crippen LogP) is 1.06. The van der Waals surface area contributed by atoms with Gasteiger partial charge in [0.1, 0.15) is 5.82 Å². The molecule has 0 aliphatic carbocycles. The molecule has 1 aromatic rings. The van der Waals surface area contributed by atoms with Crippen LogP contribution in [-0.4, -0.2) is 41.0 Å². The van der Waals surface area contributed by atoms with Gasteiger partial charge in [0, 0.05) is 18.8 Å². The first-order valence-corrected chi connectivity index (χ1v) is 6.52. The first kappa shape index (κ1) is 14.5. The molecule has 1 aliphatic rings. The van der Waals surface area contributed by atoms with Crippen LogP contribution in [0.3, 0.4) is 0 Å². The second-order valence-electron chi connectivity index (χ2n) is 4.94. The molecule has 0 atom stereocenters. The molecule has 5 nitrogen and oxygen atoms in total. The summed E-state index contributed by atoms with van der Waals surface area (Å²) >= 11 is 0. The number of piperidine rings is 1. The smallest absolute Gasteiger partial charge is 0.313 e. The number of carbonyl (C=O) groups is 2. The van der Waals surface area contributed by atoms with E-state index in [2.05, 4.69) is 5.32 Å². The van der Waals surface area contributed by atoms with Crippen LogP contribution in [0.4, 0.5) is 10.1 Å². The van der Waals surface area contributed by atoms with E-state index < -0.39 is 23.7 Å². The third-order valence-corrected chi connectivity index (χ3v) is 3.38. The number of carbonyl (C=O) groups excluding carboxylic acids is 2. The Kier molecular flexibility index (Phi) is 4.34. The Morgan fingerprint density at radius 1 is 1.35 bits per heavy atom. The van der Waals surface area contributed by atoms with E-state index in [0.717, 1.165) is 0 Å². The van der Waals surface area contributed by atoms with E-state index in [1.54, 1.807) is 6.92 Å². The quantitative estimate of drug-likeness (QED) is 0.756. The second-order valence-corrected chi connectivity index (χ2v) is 4.94. The zero-order chi connectivity index (χ0) is 14.7. The van der Waals surface area contributed by atoms with Crippen LogP contribution < -0.4 is 5.32 Å². The second kappa shape index (κ2) is 6.00.